The van der Waals surface area contributed by atoms with Gasteiger partial charge in [0.2, 0.25) is 10.0 Å². The SMILES string of the molecule is CC(C)(C)Cn1cc([C@H](NS(=O)(=O)C2CCC2)C(C)(C)C)c2cc(F)c(-c3cccc4c3CCCC4)cc21. The maximum atomic E-state index is 16.0. The molecule has 0 saturated heterocycles. The smallest absolute Gasteiger partial charge is 0.215 e. The van der Waals surface area contributed by atoms with Crippen LogP contribution in [0.5, 0.6) is 0 Å². The van der Waals surface area contributed by atoms with Crippen molar-refractivity contribution in [2.24, 2.45) is 10.8 Å². The molecule has 1 saturated carbocycles. The largest absolute Gasteiger partial charge is 0.347 e. The summed E-state index contributed by atoms with van der Waals surface area (Å²) >= 11 is 0. The number of benzene rings is 2. The Morgan fingerprint density at radius 3 is 2.34 bits per heavy atom. The van der Waals surface area contributed by atoms with Crippen LogP contribution in [0.25, 0.3) is 22.0 Å². The molecule has 0 spiro atoms. The van der Waals surface area contributed by atoms with Gasteiger partial charge in [-0.2, -0.15) is 0 Å². The fourth-order valence-corrected chi connectivity index (χ4v) is 8.05. The molecule has 206 valence electrons. The van der Waals surface area contributed by atoms with Gasteiger partial charge in [0.05, 0.1) is 11.3 Å². The standard InChI is InChI=1S/C32H43FN2O2S/c1-31(2,3)20-35-19-27(30(32(4,5)6)34-38(36,37)22-13-10-14-22)26-17-28(33)25(18-29(26)35)24-16-9-12-21-11-7-8-15-23(21)24/h9,12,16-19,22,30,34H,7-8,10-11,13-15,20H2,1-6H3/t30-/m0/s1. The third kappa shape index (κ3) is 5.31. The van der Waals surface area contributed by atoms with Crippen LogP contribution in [0.15, 0.2) is 36.5 Å². The van der Waals surface area contributed by atoms with E-state index in [4.69, 9.17) is 0 Å². The summed E-state index contributed by atoms with van der Waals surface area (Å²) in [7, 11) is -3.47. The van der Waals surface area contributed by atoms with E-state index in [0.717, 1.165) is 54.3 Å². The van der Waals surface area contributed by atoms with E-state index in [1.165, 1.54) is 17.5 Å². The lowest BCUT2D eigenvalue weighted by Gasteiger charge is -2.34. The highest BCUT2D eigenvalue weighted by Crippen LogP contribution is 2.42. The highest BCUT2D eigenvalue weighted by Gasteiger charge is 2.38. The summed E-state index contributed by atoms with van der Waals surface area (Å²) in [6.07, 6.45) is 8.77. The highest BCUT2D eigenvalue weighted by molar-refractivity contribution is 7.90. The lowest BCUT2D eigenvalue weighted by atomic mass is 9.82. The normalized spacial score (nSPS) is 17.9. The molecule has 2 aromatic carbocycles. The molecule has 1 heterocycles. The molecule has 0 unspecified atom stereocenters. The first-order valence-corrected chi connectivity index (χ1v) is 15.7. The average Bonchev–Trinajstić information content (AvgIpc) is 3.09. The zero-order valence-corrected chi connectivity index (χ0v) is 24.6. The number of hydrogen-bond donors (Lipinski definition) is 1. The van der Waals surface area contributed by atoms with E-state index in [1.807, 2.05) is 12.1 Å². The number of nitrogens with zero attached hydrogens (tertiary/aromatic N) is 1. The highest BCUT2D eigenvalue weighted by atomic mass is 32.2. The van der Waals surface area contributed by atoms with Crippen LogP contribution in [0, 0.1) is 16.6 Å². The number of aryl methyl sites for hydroxylation is 1. The van der Waals surface area contributed by atoms with Crippen molar-refractivity contribution in [1.29, 1.82) is 0 Å². The van der Waals surface area contributed by atoms with Crippen LogP contribution in [0.4, 0.5) is 4.39 Å². The lowest BCUT2D eigenvalue weighted by molar-refractivity contribution is 0.301. The molecule has 38 heavy (non-hydrogen) atoms. The second-order valence-corrected chi connectivity index (χ2v) is 15.8. The van der Waals surface area contributed by atoms with Crippen LogP contribution in [0.3, 0.4) is 0 Å². The fourth-order valence-electron chi connectivity index (χ4n) is 6.10. The van der Waals surface area contributed by atoms with Gasteiger partial charge >= 0.3 is 0 Å². The molecule has 3 aromatic rings. The van der Waals surface area contributed by atoms with Gasteiger partial charge in [0.25, 0.3) is 0 Å². The van der Waals surface area contributed by atoms with Crippen LogP contribution in [-0.2, 0) is 29.4 Å². The molecule has 1 fully saturated rings. The molecule has 0 aliphatic heterocycles. The number of fused-ring (bicyclic) bond motifs is 2. The number of hydrogen-bond acceptors (Lipinski definition) is 2. The number of halogens is 1. The molecule has 1 N–H and O–H groups in total. The molecule has 4 nitrogen and oxygen atoms in total. The first kappa shape index (κ1) is 27.4. The zero-order chi connectivity index (χ0) is 27.5. The van der Waals surface area contributed by atoms with Crippen molar-refractivity contribution in [3.63, 3.8) is 0 Å². The Morgan fingerprint density at radius 2 is 1.71 bits per heavy atom. The number of sulfonamides is 1. The molecular weight excluding hydrogens is 495 g/mol. The maximum absolute atomic E-state index is 16.0. The lowest BCUT2D eigenvalue weighted by Crippen LogP contribution is -2.43. The summed E-state index contributed by atoms with van der Waals surface area (Å²) in [5, 5.41) is 0.458. The Morgan fingerprint density at radius 1 is 1.00 bits per heavy atom. The van der Waals surface area contributed by atoms with Gasteiger partial charge in [-0.1, -0.05) is 66.2 Å². The molecule has 0 radical (unpaired) electrons. The van der Waals surface area contributed by atoms with Gasteiger partial charge < -0.3 is 4.57 Å². The Hall–Kier alpha value is -2.18. The van der Waals surface area contributed by atoms with E-state index < -0.39 is 21.5 Å². The van der Waals surface area contributed by atoms with E-state index in [2.05, 4.69) is 69.2 Å². The van der Waals surface area contributed by atoms with Crippen LogP contribution in [0.1, 0.15) is 96.4 Å². The van der Waals surface area contributed by atoms with Gasteiger partial charge in [0.15, 0.2) is 0 Å². The van der Waals surface area contributed by atoms with Crippen molar-refractivity contribution in [3.8, 4) is 11.1 Å². The third-order valence-electron chi connectivity index (χ3n) is 8.28. The van der Waals surface area contributed by atoms with E-state index >= 15 is 4.39 Å². The molecule has 2 aliphatic rings. The van der Waals surface area contributed by atoms with Gasteiger partial charge in [-0.15, -0.1) is 0 Å². The van der Waals surface area contributed by atoms with E-state index in [9.17, 15) is 8.42 Å². The Labute approximate surface area is 228 Å². The topological polar surface area (TPSA) is 51.1 Å². The zero-order valence-electron chi connectivity index (χ0n) is 23.8. The first-order chi connectivity index (χ1) is 17.7. The molecule has 1 aromatic heterocycles. The number of aromatic nitrogens is 1. The van der Waals surface area contributed by atoms with Gasteiger partial charge in [-0.25, -0.2) is 17.5 Å². The minimum absolute atomic E-state index is 0.00759. The van der Waals surface area contributed by atoms with Crippen molar-refractivity contribution in [1.82, 2.24) is 9.29 Å². The van der Waals surface area contributed by atoms with Crippen molar-refractivity contribution in [3.05, 3.63) is 59.0 Å². The van der Waals surface area contributed by atoms with Gasteiger partial charge in [-0.3, -0.25) is 0 Å². The predicted octanol–water partition coefficient (Wildman–Crippen LogP) is 7.93. The third-order valence-corrected chi connectivity index (χ3v) is 10.2. The second-order valence-electron chi connectivity index (χ2n) is 13.8. The van der Waals surface area contributed by atoms with Gasteiger partial charge in [0, 0.05) is 29.2 Å². The summed E-state index contributed by atoms with van der Waals surface area (Å²) in [4.78, 5) is 0. The number of rotatable bonds is 6. The molecule has 0 bridgehead atoms. The summed E-state index contributed by atoms with van der Waals surface area (Å²) in [6, 6.07) is 9.47. The Balaban J connectivity index is 1.69. The van der Waals surface area contributed by atoms with Crippen LogP contribution >= 0.6 is 0 Å². The van der Waals surface area contributed by atoms with Gasteiger partial charge in [0.1, 0.15) is 5.82 Å². The molecule has 0 amide bonds. The molecular formula is C32H43FN2O2S. The first-order valence-electron chi connectivity index (χ1n) is 14.2. The van der Waals surface area contributed by atoms with Crippen LogP contribution in [-0.4, -0.2) is 18.2 Å². The van der Waals surface area contributed by atoms with Crippen LogP contribution in [0.2, 0.25) is 0 Å². The minimum Gasteiger partial charge on any atom is -0.347 e. The predicted molar refractivity (Wildman–Crippen MR) is 155 cm³/mol. The van der Waals surface area contributed by atoms with Gasteiger partial charge in [-0.05, 0) is 83.7 Å². The number of nitrogens with one attached hydrogen (secondary N) is 1. The van der Waals surface area contributed by atoms with E-state index in [-0.39, 0.29) is 16.5 Å². The Bertz CT molecular complexity index is 1450. The van der Waals surface area contributed by atoms with Crippen molar-refractivity contribution in [2.45, 2.75) is 104 Å². The summed E-state index contributed by atoms with van der Waals surface area (Å²) in [6.45, 7) is 13.5. The average molecular weight is 539 g/mol. The van der Waals surface area contributed by atoms with Crippen molar-refractivity contribution < 1.29 is 12.8 Å². The van der Waals surface area contributed by atoms with E-state index in [0.29, 0.717) is 18.4 Å². The van der Waals surface area contributed by atoms with Crippen molar-refractivity contribution in [2.75, 3.05) is 0 Å². The van der Waals surface area contributed by atoms with Crippen LogP contribution < -0.4 is 4.72 Å². The molecule has 1 atom stereocenters. The Kier molecular flexibility index (Phi) is 7.05. The fraction of sp³-hybridized carbons (Fsp3) is 0.562. The molecule has 2 aliphatic carbocycles. The maximum Gasteiger partial charge on any atom is 0.215 e. The quantitative estimate of drug-likeness (QED) is 0.346. The summed E-state index contributed by atoms with van der Waals surface area (Å²) in [5.74, 6) is -0.249. The van der Waals surface area contributed by atoms with E-state index in [1.54, 1.807) is 6.07 Å². The molecule has 6 heteroatoms. The monoisotopic (exact) mass is 538 g/mol. The van der Waals surface area contributed by atoms with Crippen molar-refractivity contribution >= 4 is 20.9 Å². The summed E-state index contributed by atoms with van der Waals surface area (Å²) < 4.78 is 47.8. The second kappa shape index (κ2) is 9.78. The summed E-state index contributed by atoms with van der Waals surface area (Å²) in [5.41, 5.74) is 5.63. The molecule has 5 rings (SSSR count). The minimum atomic E-state index is -3.47.